The van der Waals surface area contributed by atoms with Gasteiger partial charge in [-0.15, -0.1) is 0 Å². The number of ketones is 1. The largest absolute Gasteiger partial charge is 0.481 e. The highest BCUT2D eigenvalue weighted by Crippen LogP contribution is 2.49. The van der Waals surface area contributed by atoms with Gasteiger partial charge in [-0.1, -0.05) is 13.3 Å². The van der Waals surface area contributed by atoms with Crippen LogP contribution >= 0.6 is 19.1 Å². The van der Waals surface area contributed by atoms with Gasteiger partial charge in [-0.2, -0.15) is 11.8 Å². The molecule has 9 N–H and O–H groups in total. The third kappa shape index (κ3) is 6.33. The van der Waals surface area contributed by atoms with Crippen LogP contribution in [0.1, 0.15) is 33.1 Å². The van der Waals surface area contributed by atoms with Crippen molar-refractivity contribution in [3.63, 3.8) is 0 Å². The molecular formula is C14H29N4O6PS. The number of nitrogens with one attached hydrogen (secondary N) is 1. The lowest BCUT2D eigenvalue weighted by molar-refractivity contribution is -0.137. The van der Waals surface area contributed by atoms with E-state index in [1.165, 1.54) is 6.92 Å². The molecule has 3 unspecified atom stereocenters. The van der Waals surface area contributed by atoms with Crippen LogP contribution in [0.25, 0.3) is 0 Å². The van der Waals surface area contributed by atoms with Gasteiger partial charge in [0, 0.05) is 5.75 Å². The summed E-state index contributed by atoms with van der Waals surface area (Å²) >= 11 is 1.12. The molecule has 0 aromatic carbocycles. The second kappa shape index (κ2) is 10.4. The van der Waals surface area contributed by atoms with Gasteiger partial charge < -0.3 is 32.5 Å². The van der Waals surface area contributed by atoms with E-state index in [-0.39, 0.29) is 5.75 Å². The van der Waals surface area contributed by atoms with Crippen LogP contribution in [0.3, 0.4) is 0 Å². The summed E-state index contributed by atoms with van der Waals surface area (Å²) in [4.78, 5) is 46.3. The van der Waals surface area contributed by atoms with Gasteiger partial charge in [0.2, 0.25) is 13.3 Å². The van der Waals surface area contributed by atoms with Crippen LogP contribution in [-0.4, -0.2) is 62.8 Å². The van der Waals surface area contributed by atoms with Crippen molar-refractivity contribution in [2.75, 3.05) is 12.0 Å². The maximum absolute atomic E-state index is 12.7. The van der Waals surface area contributed by atoms with Gasteiger partial charge in [0.25, 0.3) is 0 Å². The van der Waals surface area contributed by atoms with Gasteiger partial charge in [0.1, 0.15) is 5.78 Å². The van der Waals surface area contributed by atoms with E-state index in [1.54, 1.807) is 6.26 Å². The summed E-state index contributed by atoms with van der Waals surface area (Å²) in [7, 11) is -4.28. The normalized spacial score (nSPS) is 19.5. The molecule has 0 aliphatic heterocycles. The van der Waals surface area contributed by atoms with Crippen molar-refractivity contribution >= 4 is 36.8 Å². The molecule has 10 nitrogen and oxygen atoms in total. The minimum absolute atomic E-state index is 0.122. The minimum atomic E-state index is -4.28. The molecule has 0 fully saturated rings. The van der Waals surface area contributed by atoms with Gasteiger partial charge in [-0.3, -0.25) is 18.9 Å². The Morgan fingerprint density at radius 1 is 1.31 bits per heavy atom. The maximum Gasteiger partial charge on any atom is 0.306 e. The summed E-state index contributed by atoms with van der Waals surface area (Å²) in [5.41, 5.74) is 15.2. The molecule has 0 aromatic rings. The van der Waals surface area contributed by atoms with E-state index in [9.17, 15) is 23.8 Å². The Kier molecular flexibility index (Phi) is 10.00. The fraction of sp³-hybridized carbons (Fsp3) is 0.786. The van der Waals surface area contributed by atoms with Crippen molar-refractivity contribution in [3.05, 3.63) is 0 Å². The number of carboxylic acid groups (broad SMARTS) is 1. The van der Waals surface area contributed by atoms with Crippen LogP contribution in [0.4, 0.5) is 0 Å². The van der Waals surface area contributed by atoms with Crippen molar-refractivity contribution < 1.29 is 28.9 Å². The van der Waals surface area contributed by atoms with Gasteiger partial charge in [0.15, 0.2) is 11.3 Å². The van der Waals surface area contributed by atoms with E-state index in [2.05, 4.69) is 5.32 Å². The SMILES string of the molecule is CCC[C@H](N)C(=O)[C@](N)(CSC)C(=O)NC(CC(=O)O)P(=O)(O)C(C)N. The number of hydrogen-bond donors (Lipinski definition) is 6. The van der Waals surface area contributed by atoms with E-state index in [0.717, 1.165) is 11.8 Å². The molecule has 0 heterocycles. The van der Waals surface area contributed by atoms with Crippen LogP contribution in [0.5, 0.6) is 0 Å². The number of Topliss-reactive ketones (excluding diaryl/α,β-unsaturated/α-hetero) is 1. The summed E-state index contributed by atoms with van der Waals surface area (Å²) in [5, 5.41) is 11.1. The fourth-order valence-electron chi connectivity index (χ4n) is 2.25. The van der Waals surface area contributed by atoms with E-state index in [4.69, 9.17) is 22.3 Å². The van der Waals surface area contributed by atoms with Crippen molar-refractivity contribution in [2.45, 2.75) is 56.3 Å². The third-order valence-electron chi connectivity index (χ3n) is 3.85. The van der Waals surface area contributed by atoms with Crippen molar-refractivity contribution in [1.82, 2.24) is 5.32 Å². The molecule has 152 valence electrons. The Morgan fingerprint density at radius 2 is 1.85 bits per heavy atom. The monoisotopic (exact) mass is 412 g/mol. The lowest BCUT2D eigenvalue weighted by Gasteiger charge is -2.32. The van der Waals surface area contributed by atoms with Crippen molar-refractivity contribution in [3.8, 4) is 0 Å². The lowest BCUT2D eigenvalue weighted by atomic mass is 9.89. The molecular weight excluding hydrogens is 383 g/mol. The number of nitrogens with two attached hydrogens (primary N) is 3. The number of amides is 1. The van der Waals surface area contributed by atoms with Crippen molar-refractivity contribution in [2.24, 2.45) is 17.2 Å². The maximum atomic E-state index is 12.7. The van der Waals surface area contributed by atoms with Gasteiger partial charge in [-0.25, -0.2) is 0 Å². The first-order valence-corrected chi connectivity index (χ1v) is 11.2. The number of carbonyl (C=O) groups is 3. The first-order chi connectivity index (χ1) is 11.8. The Balaban J connectivity index is 5.71. The molecule has 0 aromatic heterocycles. The molecule has 12 heteroatoms. The quantitative estimate of drug-likeness (QED) is 0.175. The Bertz CT molecular complexity index is 576. The Hall–Kier alpha value is -0.970. The highest BCUT2D eigenvalue weighted by Gasteiger charge is 2.47. The minimum Gasteiger partial charge on any atom is -0.481 e. The molecule has 0 saturated heterocycles. The van der Waals surface area contributed by atoms with Gasteiger partial charge in [0.05, 0.1) is 18.2 Å². The van der Waals surface area contributed by atoms with E-state index in [0.29, 0.717) is 12.8 Å². The smallest absolute Gasteiger partial charge is 0.306 e. The number of rotatable bonds is 12. The van der Waals surface area contributed by atoms with E-state index in [1.807, 2.05) is 6.92 Å². The van der Waals surface area contributed by atoms with Crippen LogP contribution in [0, 0.1) is 0 Å². The standard InChI is InChI=1S/C14H29N4O6PS/c1-4-5-9(16)12(21)14(17,7-26-3)13(22)18-10(6-11(19)20)25(23,24)8(2)15/h8-10H,4-7,15-17H2,1-3H3,(H,18,22)(H,19,20)(H,23,24)/t8?,9-,10?,14+/m0/s1. The Labute approximate surface area is 157 Å². The summed E-state index contributed by atoms with van der Waals surface area (Å²) in [6.07, 6.45) is 1.70. The third-order valence-corrected chi connectivity index (χ3v) is 6.97. The zero-order valence-electron chi connectivity index (χ0n) is 15.2. The second-order valence-corrected chi connectivity index (χ2v) is 9.81. The lowest BCUT2D eigenvalue weighted by Crippen LogP contribution is -2.66. The first-order valence-electron chi connectivity index (χ1n) is 8.02. The number of carboxylic acids is 1. The topological polar surface area (TPSA) is 199 Å². The van der Waals surface area contributed by atoms with Crippen LogP contribution in [-0.2, 0) is 18.9 Å². The number of thioether (sulfide) groups is 1. The number of carbonyl (C=O) groups excluding carboxylic acids is 2. The molecule has 0 radical (unpaired) electrons. The average Bonchev–Trinajstić information content (AvgIpc) is 2.52. The number of hydrogen-bond acceptors (Lipinski definition) is 8. The van der Waals surface area contributed by atoms with E-state index < -0.39 is 54.6 Å². The van der Waals surface area contributed by atoms with Crippen molar-refractivity contribution in [1.29, 1.82) is 0 Å². The molecule has 0 saturated carbocycles. The predicted octanol–water partition coefficient (Wildman–Crippen LogP) is -0.764. The van der Waals surface area contributed by atoms with Crippen LogP contribution < -0.4 is 22.5 Å². The highest BCUT2D eigenvalue weighted by atomic mass is 32.2. The molecule has 26 heavy (non-hydrogen) atoms. The zero-order valence-corrected chi connectivity index (χ0v) is 16.9. The molecule has 0 rings (SSSR count). The fourth-order valence-corrected chi connectivity index (χ4v) is 4.27. The molecule has 1 amide bonds. The van der Waals surface area contributed by atoms with Crippen LogP contribution in [0.15, 0.2) is 0 Å². The van der Waals surface area contributed by atoms with E-state index >= 15 is 0 Å². The second-order valence-electron chi connectivity index (χ2n) is 6.16. The molecule has 0 spiro atoms. The molecule has 0 aliphatic carbocycles. The number of aliphatic carboxylic acids is 1. The van der Waals surface area contributed by atoms with Gasteiger partial charge >= 0.3 is 5.97 Å². The average molecular weight is 412 g/mol. The Morgan fingerprint density at radius 3 is 2.23 bits per heavy atom. The van der Waals surface area contributed by atoms with Crippen LogP contribution in [0.2, 0.25) is 0 Å². The summed E-state index contributed by atoms with van der Waals surface area (Å²) in [6.45, 7) is 3.04. The zero-order chi connectivity index (χ0) is 20.7. The summed E-state index contributed by atoms with van der Waals surface area (Å²) in [6, 6.07) is -0.977. The summed E-state index contributed by atoms with van der Waals surface area (Å²) < 4.78 is 12.4. The molecule has 0 bridgehead atoms. The van der Waals surface area contributed by atoms with Gasteiger partial charge in [-0.05, 0) is 19.6 Å². The molecule has 5 atom stereocenters. The summed E-state index contributed by atoms with van der Waals surface area (Å²) in [5.74, 6) is -6.25. The molecule has 0 aliphatic rings. The predicted molar refractivity (Wildman–Crippen MR) is 101 cm³/mol. The first kappa shape index (κ1) is 25.0. The highest BCUT2D eigenvalue weighted by molar-refractivity contribution is 7.98.